The van der Waals surface area contributed by atoms with Crippen LogP contribution in [0.5, 0.6) is 5.75 Å². The third-order valence-corrected chi connectivity index (χ3v) is 2.88. The summed E-state index contributed by atoms with van der Waals surface area (Å²) in [6.07, 6.45) is 0.831. The molecular weight excluding hydrogens is 273 g/mol. The summed E-state index contributed by atoms with van der Waals surface area (Å²) in [7, 11) is 1.58. The summed E-state index contributed by atoms with van der Waals surface area (Å²) in [6, 6.07) is 7.12. The Balaban J connectivity index is 0.00000162. The van der Waals surface area contributed by atoms with Gasteiger partial charge in [0.2, 0.25) is 0 Å². The molecule has 0 aliphatic heterocycles. The van der Waals surface area contributed by atoms with Gasteiger partial charge in [-0.2, -0.15) is 0 Å². The predicted octanol–water partition coefficient (Wildman–Crippen LogP) is 3.61. The lowest BCUT2D eigenvalue weighted by molar-refractivity contribution is 0.108. The number of aromatic nitrogens is 1. The number of nitrogens with zero attached hydrogens (tertiary/aromatic N) is 1. The van der Waals surface area contributed by atoms with Gasteiger partial charge in [-0.25, -0.2) is 4.98 Å². The van der Waals surface area contributed by atoms with Gasteiger partial charge in [-0.15, -0.1) is 12.4 Å². The quantitative estimate of drug-likeness (QED) is 0.809. The highest BCUT2D eigenvalue weighted by Gasteiger charge is 2.12. The zero-order chi connectivity index (χ0) is 12.4. The highest BCUT2D eigenvalue weighted by Crippen LogP contribution is 2.28. The molecule has 0 aliphatic rings. The van der Waals surface area contributed by atoms with Crippen molar-refractivity contribution in [1.29, 1.82) is 0 Å². The topological polar surface area (TPSA) is 39.2 Å². The normalized spacial score (nSPS) is 9.94. The SMILES string of the molecule is CCc1ccc2c(C(=O)Cl)ccc(OC)c2n1.Cl. The van der Waals surface area contributed by atoms with Crippen molar-refractivity contribution in [2.75, 3.05) is 7.11 Å². The lowest BCUT2D eigenvalue weighted by atomic mass is 10.1. The number of hydrogen-bond donors (Lipinski definition) is 0. The summed E-state index contributed by atoms with van der Waals surface area (Å²) < 4.78 is 5.24. The lowest BCUT2D eigenvalue weighted by Crippen LogP contribution is -1.97. The fourth-order valence-corrected chi connectivity index (χ4v) is 1.93. The number of halogens is 2. The molecule has 0 spiro atoms. The van der Waals surface area contributed by atoms with Crippen molar-refractivity contribution in [3.63, 3.8) is 0 Å². The van der Waals surface area contributed by atoms with Crippen molar-refractivity contribution in [1.82, 2.24) is 4.98 Å². The number of pyridine rings is 1. The molecule has 1 heterocycles. The summed E-state index contributed by atoms with van der Waals surface area (Å²) in [4.78, 5) is 15.8. The average Bonchev–Trinajstić information content (AvgIpc) is 2.36. The second-order valence-electron chi connectivity index (χ2n) is 3.64. The highest BCUT2D eigenvalue weighted by molar-refractivity contribution is 6.68. The number of methoxy groups -OCH3 is 1. The van der Waals surface area contributed by atoms with Crippen LogP contribution in [0.15, 0.2) is 24.3 Å². The first-order valence-electron chi connectivity index (χ1n) is 5.33. The number of carbonyl (C=O) groups excluding carboxylic acids is 1. The maximum Gasteiger partial charge on any atom is 0.253 e. The van der Waals surface area contributed by atoms with Gasteiger partial charge < -0.3 is 4.74 Å². The van der Waals surface area contributed by atoms with Gasteiger partial charge in [-0.1, -0.05) is 13.0 Å². The second-order valence-corrected chi connectivity index (χ2v) is 3.98. The van der Waals surface area contributed by atoms with E-state index in [0.29, 0.717) is 16.8 Å². The van der Waals surface area contributed by atoms with Gasteiger partial charge in [0.15, 0.2) is 0 Å². The van der Waals surface area contributed by atoms with Crippen LogP contribution in [0.3, 0.4) is 0 Å². The van der Waals surface area contributed by atoms with Gasteiger partial charge in [-0.05, 0) is 36.2 Å². The standard InChI is InChI=1S/C13H12ClNO2.ClH/c1-3-8-4-5-9-10(13(14)16)6-7-11(17-2)12(9)15-8;/h4-7H,3H2,1-2H3;1H. The molecule has 0 aliphatic carbocycles. The first kappa shape index (κ1) is 14.7. The van der Waals surface area contributed by atoms with E-state index in [4.69, 9.17) is 16.3 Å². The summed E-state index contributed by atoms with van der Waals surface area (Å²) in [5.74, 6) is 0.650. The molecule has 0 radical (unpaired) electrons. The number of carbonyl (C=O) groups is 1. The zero-order valence-electron chi connectivity index (χ0n) is 10.1. The van der Waals surface area contributed by atoms with Gasteiger partial charge in [0, 0.05) is 16.6 Å². The number of rotatable bonds is 3. The van der Waals surface area contributed by atoms with Crippen molar-refractivity contribution in [3.8, 4) is 5.75 Å². The molecule has 2 aromatic rings. The molecule has 3 nitrogen and oxygen atoms in total. The van der Waals surface area contributed by atoms with Crippen molar-refractivity contribution in [2.24, 2.45) is 0 Å². The largest absolute Gasteiger partial charge is 0.494 e. The van der Waals surface area contributed by atoms with E-state index in [0.717, 1.165) is 17.5 Å². The summed E-state index contributed by atoms with van der Waals surface area (Å²) in [6.45, 7) is 2.02. The van der Waals surface area contributed by atoms with E-state index in [1.54, 1.807) is 19.2 Å². The van der Waals surface area contributed by atoms with Crippen LogP contribution >= 0.6 is 24.0 Å². The van der Waals surface area contributed by atoms with Crippen LogP contribution in [-0.4, -0.2) is 17.3 Å². The molecule has 0 unspecified atom stereocenters. The molecule has 1 aromatic heterocycles. The zero-order valence-corrected chi connectivity index (χ0v) is 11.6. The Kier molecular flexibility index (Phi) is 4.93. The summed E-state index contributed by atoms with van der Waals surface area (Å²) in [5, 5.41) is 0.241. The Bertz CT molecular complexity index is 584. The lowest BCUT2D eigenvalue weighted by Gasteiger charge is -2.08. The van der Waals surface area contributed by atoms with Crippen molar-refractivity contribution in [2.45, 2.75) is 13.3 Å². The number of hydrogen-bond acceptors (Lipinski definition) is 3. The number of fused-ring (bicyclic) bond motifs is 1. The Morgan fingerprint density at radius 2 is 2.06 bits per heavy atom. The molecule has 0 amide bonds. The van der Waals surface area contributed by atoms with Crippen LogP contribution in [0.4, 0.5) is 0 Å². The Labute approximate surface area is 117 Å². The van der Waals surface area contributed by atoms with Gasteiger partial charge >= 0.3 is 0 Å². The second kappa shape index (κ2) is 6.03. The molecule has 0 fully saturated rings. The molecule has 0 bridgehead atoms. The minimum absolute atomic E-state index is 0. The van der Waals surface area contributed by atoms with Crippen LogP contribution in [0.25, 0.3) is 10.9 Å². The minimum Gasteiger partial charge on any atom is -0.494 e. The molecule has 5 heteroatoms. The molecular formula is C13H13Cl2NO2. The van der Waals surface area contributed by atoms with Crippen molar-refractivity contribution < 1.29 is 9.53 Å². The third kappa shape index (κ3) is 2.57. The van der Waals surface area contributed by atoms with Gasteiger partial charge in [0.25, 0.3) is 5.24 Å². The Morgan fingerprint density at radius 1 is 1.33 bits per heavy atom. The fraction of sp³-hybridized carbons (Fsp3) is 0.231. The van der Waals surface area contributed by atoms with E-state index >= 15 is 0 Å². The van der Waals surface area contributed by atoms with E-state index in [1.807, 2.05) is 19.1 Å². The molecule has 1 aromatic carbocycles. The summed E-state index contributed by atoms with van der Waals surface area (Å²) >= 11 is 5.54. The molecule has 96 valence electrons. The third-order valence-electron chi connectivity index (χ3n) is 2.67. The minimum atomic E-state index is -0.483. The number of ether oxygens (including phenoxy) is 1. The highest BCUT2D eigenvalue weighted by atomic mass is 35.5. The van der Waals surface area contributed by atoms with E-state index in [1.165, 1.54) is 0 Å². The summed E-state index contributed by atoms with van der Waals surface area (Å²) in [5.41, 5.74) is 2.09. The molecule has 0 N–H and O–H groups in total. The van der Waals surface area contributed by atoms with Crippen LogP contribution in [-0.2, 0) is 6.42 Å². The maximum atomic E-state index is 11.3. The number of benzene rings is 1. The van der Waals surface area contributed by atoms with Crippen LogP contribution in [0.2, 0.25) is 0 Å². The van der Waals surface area contributed by atoms with Crippen LogP contribution in [0, 0.1) is 0 Å². The maximum absolute atomic E-state index is 11.3. The number of aryl methyl sites for hydroxylation is 1. The van der Waals surface area contributed by atoms with Gasteiger partial charge in [-0.3, -0.25) is 4.79 Å². The Hall–Kier alpha value is -1.32. The first-order valence-corrected chi connectivity index (χ1v) is 5.71. The fourth-order valence-electron chi connectivity index (χ4n) is 1.77. The van der Waals surface area contributed by atoms with Crippen LogP contribution < -0.4 is 4.74 Å². The predicted molar refractivity (Wildman–Crippen MR) is 75.1 cm³/mol. The van der Waals surface area contributed by atoms with Crippen molar-refractivity contribution in [3.05, 3.63) is 35.5 Å². The van der Waals surface area contributed by atoms with E-state index in [9.17, 15) is 4.79 Å². The smallest absolute Gasteiger partial charge is 0.253 e. The molecule has 0 saturated carbocycles. The van der Waals surface area contributed by atoms with Crippen LogP contribution in [0.1, 0.15) is 23.0 Å². The van der Waals surface area contributed by atoms with Gasteiger partial charge in [0.05, 0.1) is 7.11 Å². The molecule has 18 heavy (non-hydrogen) atoms. The first-order chi connectivity index (χ1) is 8.17. The van der Waals surface area contributed by atoms with E-state index < -0.39 is 5.24 Å². The van der Waals surface area contributed by atoms with Crippen molar-refractivity contribution >= 4 is 40.2 Å². The van der Waals surface area contributed by atoms with E-state index in [2.05, 4.69) is 4.98 Å². The molecule has 0 atom stereocenters. The average molecular weight is 286 g/mol. The molecule has 0 saturated heterocycles. The monoisotopic (exact) mass is 285 g/mol. The van der Waals surface area contributed by atoms with E-state index in [-0.39, 0.29) is 12.4 Å². The molecule has 2 rings (SSSR count). The Morgan fingerprint density at radius 3 is 2.61 bits per heavy atom. The van der Waals surface area contributed by atoms with Gasteiger partial charge in [0.1, 0.15) is 11.3 Å².